The van der Waals surface area contributed by atoms with Crippen molar-refractivity contribution in [2.75, 3.05) is 20.1 Å². The van der Waals surface area contributed by atoms with Crippen LogP contribution in [-0.4, -0.2) is 31.1 Å². The van der Waals surface area contributed by atoms with Crippen LogP contribution in [0, 0.1) is 17.2 Å². The lowest BCUT2D eigenvalue weighted by Crippen LogP contribution is -2.43. The minimum absolute atomic E-state index is 0.416. The molecule has 1 aromatic carbocycles. The van der Waals surface area contributed by atoms with Gasteiger partial charge in [-0.25, -0.2) is 0 Å². The van der Waals surface area contributed by atoms with Gasteiger partial charge in [0, 0.05) is 12.1 Å². The van der Waals surface area contributed by atoms with Crippen LogP contribution in [0.3, 0.4) is 0 Å². The molecule has 1 aliphatic carbocycles. The van der Waals surface area contributed by atoms with Gasteiger partial charge in [-0.3, -0.25) is 4.90 Å². The van der Waals surface area contributed by atoms with E-state index in [0.29, 0.717) is 12.0 Å². The SMILES string of the molecule is CNCC1CCCN(C2CC2)C1c1ccccc1C#N. The lowest BCUT2D eigenvalue weighted by Gasteiger charge is -2.42. The molecule has 106 valence electrons. The molecule has 1 saturated heterocycles. The first kappa shape index (κ1) is 13.6. The maximum absolute atomic E-state index is 9.42. The number of nitrogens with one attached hydrogen (secondary N) is 1. The molecule has 2 aliphatic rings. The molecule has 1 aliphatic heterocycles. The van der Waals surface area contributed by atoms with Gasteiger partial charge in [-0.15, -0.1) is 0 Å². The highest BCUT2D eigenvalue weighted by Gasteiger charge is 2.40. The van der Waals surface area contributed by atoms with Gasteiger partial charge in [0.25, 0.3) is 0 Å². The van der Waals surface area contributed by atoms with Crippen molar-refractivity contribution in [2.45, 2.75) is 37.8 Å². The lowest BCUT2D eigenvalue weighted by atomic mass is 9.82. The van der Waals surface area contributed by atoms with Crippen LogP contribution in [0.5, 0.6) is 0 Å². The van der Waals surface area contributed by atoms with Gasteiger partial charge in [0.2, 0.25) is 0 Å². The first-order chi connectivity index (χ1) is 9.85. The molecular weight excluding hydrogens is 246 g/mol. The minimum Gasteiger partial charge on any atom is -0.319 e. The highest BCUT2D eigenvalue weighted by molar-refractivity contribution is 5.40. The van der Waals surface area contributed by atoms with Crippen molar-refractivity contribution < 1.29 is 0 Å². The summed E-state index contributed by atoms with van der Waals surface area (Å²) in [6.07, 6.45) is 5.21. The second kappa shape index (κ2) is 5.95. The molecule has 3 rings (SSSR count). The van der Waals surface area contributed by atoms with E-state index in [1.54, 1.807) is 0 Å². The standard InChI is InChI=1S/C17H23N3/c1-19-12-14-6-4-10-20(15-8-9-15)17(14)16-7-3-2-5-13(16)11-18/h2-3,5,7,14-15,17,19H,4,6,8-10,12H2,1H3. The topological polar surface area (TPSA) is 39.1 Å². The van der Waals surface area contributed by atoms with Crippen LogP contribution in [0.2, 0.25) is 0 Å². The molecule has 3 heteroatoms. The molecule has 1 saturated carbocycles. The van der Waals surface area contributed by atoms with Gasteiger partial charge in [-0.1, -0.05) is 18.2 Å². The number of hydrogen-bond acceptors (Lipinski definition) is 3. The molecule has 2 unspecified atom stereocenters. The molecular formula is C17H23N3. The first-order valence-electron chi connectivity index (χ1n) is 7.74. The van der Waals surface area contributed by atoms with Crippen molar-refractivity contribution in [3.8, 4) is 6.07 Å². The number of benzene rings is 1. The van der Waals surface area contributed by atoms with Crippen LogP contribution in [0.4, 0.5) is 0 Å². The van der Waals surface area contributed by atoms with Crippen molar-refractivity contribution in [2.24, 2.45) is 5.92 Å². The Bertz CT molecular complexity index is 499. The Morgan fingerprint density at radius 2 is 2.10 bits per heavy atom. The zero-order valence-corrected chi connectivity index (χ0v) is 12.2. The number of hydrogen-bond donors (Lipinski definition) is 1. The van der Waals surface area contributed by atoms with Gasteiger partial charge in [-0.2, -0.15) is 5.26 Å². The van der Waals surface area contributed by atoms with E-state index >= 15 is 0 Å². The first-order valence-corrected chi connectivity index (χ1v) is 7.74. The van der Waals surface area contributed by atoms with Gasteiger partial charge >= 0.3 is 0 Å². The summed E-state index contributed by atoms with van der Waals surface area (Å²) < 4.78 is 0. The summed E-state index contributed by atoms with van der Waals surface area (Å²) in [7, 11) is 2.03. The molecule has 1 aromatic rings. The molecule has 0 radical (unpaired) electrons. The van der Waals surface area contributed by atoms with Crippen LogP contribution >= 0.6 is 0 Å². The second-order valence-electron chi connectivity index (χ2n) is 6.07. The molecule has 0 spiro atoms. The predicted octanol–water partition coefficient (Wildman–Crippen LogP) is 2.69. The molecule has 1 N–H and O–H groups in total. The maximum Gasteiger partial charge on any atom is 0.0995 e. The monoisotopic (exact) mass is 269 g/mol. The van der Waals surface area contributed by atoms with Crippen LogP contribution < -0.4 is 5.32 Å². The third kappa shape index (κ3) is 2.59. The normalized spacial score (nSPS) is 27.2. The van der Waals surface area contributed by atoms with E-state index in [2.05, 4.69) is 28.4 Å². The number of likely N-dealkylation sites (tertiary alicyclic amines) is 1. The predicted molar refractivity (Wildman–Crippen MR) is 80.3 cm³/mol. The largest absolute Gasteiger partial charge is 0.319 e. The van der Waals surface area contributed by atoms with Crippen molar-refractivity contribution >= 4 is 0 Å². The Morgan fingerprint density at radius 3 is 2.80 bits per heavy atom. The Hall–Kier alpha value is -1.37. The zero-order chi connectivity index (χ0) is 13.9. The Balaban J connectivity index is 1.96. The van der Waals surface area contributed by atoms with E-state index in [4.69, 9.17) is 0 Å². The molecule has 0 aromatic heterocycles. The van der Waals surface area contributed by atoms with E-state index in [-0.39, 0.29) is 0 Å². The number of piperidine rings is 1. The summed E-state index contributed by atoms with van der Waals surface area (Å²) in [6.45, 7) is 2.23. The Labute approximate surface area is 121 Å². The van der Waals surface area contributed by atoms with Crippen molar-refractivity contribution in [3.05, 3.63) is 35.4 Å². The summed E-state index contributed by atoms with van der Waals surface area (Å²) in [5.74, 6) is 0.615. The second-order valence-corrected chi connectivity index (χ2v) is 6.07. The van der Waals surface area contributed by atoms with E-state index in [1.165, 1.54) is 37.8 Å². The van der Waals surface area contributed by atoms with Gasteiger partial charge in [0.05, 0.1) is 11.6 Å². The van der Waals surface area contributed by atoms with Gasteiger partial charge < -0.3 is 5.32 Å². The van der Waals surface area contributed by atoms with Crippen molar-refractivity contribution in [3.63, 3.8) is 0 Å². The summed E-state index contributed by atoms with van der Waals surface area (Å²) in [5.41, 5.74) is 2.09. The van der Waals surface area contributed by atoms with Crippen LogP contribution in [0.15, 0.2) is 24.3 Å². The molecule has 20 heavy (non-hydrogen) atoms. The third-order valence-electron chi connectivity index (χ3n) is 4.68. The minimum atomic E-state index is 0.416. The molecule has 2 fully saturated rings. The summed E-state index contributed by atoms with van der Waals surface area (Å²) in [5, 5.41) is 12.8. The zero-order valence-electron chi connectivity index (χ0n) is 12.2. The van der Waals surface area contributed by atoms with Crippen molar-refractivity contribution in [1.82, 2.24) is 10.2 Å². The highest BCUT2D eigenvalue weighted by atomic mass is 15.2. The quantitative estimate of drug-likeness (QED) is 0.913. The molecule has 3 nitrogen and oxygen atoms in total. The third-order valence-corrected chi connectivity index (χ3v) is 4.68. The van der Waals surface area contributed by atoms with Crippen LogP contribution in [0.25, 0.3) is 0 Å². The molecule has 1 heterocycles. The number of rotatable bonds is 4. The average Bonchev–Trinajstić information content (AvgIpc) is 3.32. The smallest absolute Gasteiger partial charge is 0.0995 e. The fraction of sp³-hybridized carbons (Fsp3) is 0.588. The molecule has 2 atom stereocenters. The fourth-order valence-corrected chi connectivity index (χ4v) is 3.68. The lowest BCUT2D eigenvalue weighted by molar-refractivity contribution is 0.0843. The Kier molecular flexibility index (Phi) is 4.05. The fourth-order valence-electron chi connectivity index (χ4n) is 3.68. The molecule has 0 bridgehead atoms. The number of nitriles is 1. The number of nitrogens with zero attached hydrogens (tertiary/aromatic N) is 2. The summed E-state index contributed by atoms with van der Waals surface area (Å²) in [6, 6.07) is 11.7. The highest BCUT2D eigenvalue weighted by Crippen LogP contribution is 2.43. The van der Waals surface area contributed by atoms with E-state index in [9.17, 15) is 5.26 Å². The Morgan fingerprint density at radius 1 is 1.30 bits per heavy atom. The van der Waals surface area contributed by atoms with E-state index in [0.717, 1.165) is 18.2 Å². The van der Waals surface area contributed by atoms with Gasteiger partial charge in [0.15, 0.2) is 0 Å². The average molecular weight is 269 g/mol. The van der Waals surface area contributed by atoms with Gasteiger partial charge in [-0.05, 0) is 63.4 Å². The van der Waals surface area contributed by atoms with E-state index in [1.807, 2.05) is 19.2 Å². The van der Waals surface area contributed by atoms with Crippen molar-refractivity contribution in [1.29, 1.82) is 5.26 Å². The maximum atomic E-state index is 9.42. The van der Waals surface area contributed by atoms with Crippen LogP contribution in [-0.2, 0) is 0 Å². The van der Waals surface area contributed by atoms with E-state index < -0.39 is 0 Å². The van der Waals surface area contributed by atoms with Crippen LogP contribution in [0.1, 0.15) is 42.9 Å². The van der Waals surface area contributed by atoms with Gasteiger partial charge in [0.1, 0.15) is 0 Å². The molecule has 0 amide bonds. The summed E-state index contributed by atoms with van der Waals surface area (Å²) >= 11 is 0. The summed E-state index contributed by atoms with van der Waals surface area (Å²) in [4.78, 5) is 2.67.